The van der Waals surface area contributed by atoms with Crippen LogP contribution in [0.5, 0.6) is 0 Å². The highest BCUT2D eigenvalue weighted by Gasteiger charge is 2.36. The van der Waals surface area contributed by atoms with Gasteiger partial charge in [-0.2, -0.15) is 4.31 Å². The fraction of sp³-hybridized carbons (Fsp3) is 0.294. The molecule has 1 heterocycles. The van der Waals surface area contributed by atoms with E-state index in [9.17, 15) is 16.8 Å². The number of nitrogens with zero attached hydrogens (tertiary/aromatic N) is 1. The van der Waals surface area contributed by atoms with Crippen LogP contribution in [-0.2, 0) is 19.9 Å². The van der Waals surface area contributed by atoms with Crippen molar-refractivity contribution >= 4 is 43.1 Å². The van der Waals surface area contributed by atoms with E-state index in [0.717, 1.165) is 17.4 Å². The summed E-state index contributed by atoms with van der Waals surface area (Å²) in [5, 5.41) is 0.224. The molecular formula is C17H17Cl2NO4S2. The third-order valence-electron chi connectivity index (χ3n) is 4.46. The molecule has 5 nitrogen and oxygen atoms in total. The van der Waals surface area contributed by atoms with Crippen LogP contribution in [0.15, 0.2) is 47.4 Å². The molecule has 1 aliphatic rings. The smallest absolute Gasteiger partial charge is 0.229 e. The molecule has 9 heteroatoms. The topological polar surface area (TPSA) is 71.5 Å². The van der Waals surface area contributed by atoms with Gasteiger partial charge in [0.25, 0.3) is 0 Å². The average molecular weight is 434 g/mol. The van der Waals surface area contributed by atoms with Crippen molar-refractivity contribution in [3.63, 3.8) is 0 Å². The van der Waals surface area contributed by atoms with Crippen molar-refractivity contribution in [3.8, 4) is 11.1 Å². The van der Waals surface area contributed by atoms with E-state index in [1.54, 1.807) is 30.3 Å². The molecule has 2 aromatic rings. The summed E-state index contributed by atoms with van der Waals surface area (Å²) in [6, 6.07) is 11.6. The Labute approximate surface area is 163 Å². The van der Waals surface area contributed by atoms with Crippen LogP contribution in [0.2, 0.25) is 10.0 Å². The Morgan fingerprint density at radius 3 is 2.08 bits per heavy atom. The lowest BCUT2D eigenvalue weighted by Crippen LogP contribution is -2.31. The number of hydrogen-bond acceptors (Lipinski definition) is 4. The molecule has 0 aromatic heterocycles. The van der Waals surface area contributed by atoms with Gasteiger partial charge < -0.3 is 0 Å². The zero-order valence-electron chi connectivity index (χ0n) is 13.9. The molecule has 0 amide bonds. The fourth-order valence-corrected chi connectivity index (χ4v) is 5.79. The largest absolute Gasteiger partial charge is 0.243 e. The molecule has 2 aromatic carbocycles. The van der Waals surface area contributed by atoms with Crippen molar-refractivity contribution in [1.29, 1.82) is 0 Å². The quantitative estimate of drug-likeness (QED) is 0.739. The van der Waals surface area contributed by atoms with Gasteiger partial charge >= 0.3 is 0 Å². The first kappa shape index (κ1) is 19.6. The Morgan fingerprint density at radius 1 is 0.923 bits per heavy atom. The van der Waals surface area contributed by atoms with E-state index in [-0.39, 0.29) is 18.0 Å². The van der Waals surface area contributed by atoms with Crippen molar-refractivity contribution in [3.05, 3.63) is 52.5 Å². The first-order valence-electron chi connectivity index (χ1n) is 7.83. The van der Waals surface area contributed by atoms with E-state index in [1.807, 2.05) is 0 Å². The Hall–Kier alpha value is -1.12. The van der Waals surface area contributed by atoms with Gasteiger partial charge in [0.15, 0.2) is 9.84 Å². The van der Waals surface area contributed by atoms with E-state index in [2.05, 4.69) is 0 Å². The third kappa shape index (κ3) is 3.92. The highest BCUT2D eigenvalue weighted by atomic mass is 35.5. The van der Waals surface area contributed by atoms with Crippen LogP contribution in [0.1, 0.15) is 6.42 Å². The molecule has 0 N–H and O–H groups in total. The number of sulfonamides is 1. The van der Waals surface area contributed by atoms with Crippen molar-refractivity contribution in [1.82, 2.24) is 4.31 Å². The molecule has 3 rings (SSSR count). The summed E-state index contributed by atoms with van der Waals surface area (Å²) in [7, 11) is -6.98. The van der Waals surface area contributed by atoms with Crippen LogP contribution < -0.4 is 0 Å². The molecule has 26 heavy (non-hydrogen) atoms. The first-order valence-corrected chi connectivity index (χ1v) is 12.0. The monoisotopic (exact) mass is 433 g/mol. The summed E-state index contributed by atoms with van der Waals surface area (Å²) in [6.45, 7) is 0.199. The summed E-state index contributed by atoms with van der Waals surface area (Å²) in [5.74, 6) is 0. The van der Waals surface area contributed by atoms with Crippen molar-refractivity contribution in [2.24, 2.45) is 0 Å². The minimum absolute atomic E-state index is 0.00426. The molecule has 0 aliphatic carbocycles. The highest BCUT2D eigenvalue weighted by Crippen LogP contribution is 2.30. The van der Waals surface area contributed by atoms with Crippen molar-refractivity contribution < 1.29 is 16.8 Å². The summed E-state index contributed by atoms with van der Waals surface area (Å²) in [5.41, 5.74) is 1.62. The Morgan fingerprint density at radius 2 is 1.54 bits per heavy atom. The van der Waals surface area contributed by atoms with Crippen LogP contribution >= 0.6 is 23.2 Å². The van der Waals surface area contributed by atoms with Crippen molar-refractivity contribution in [2.45, 2.75) is 16.6 Å². The van der Waals surface area contributed by atoms with Gasteiger partial charge in [-0.05, 0) is 41.8 Å². The third-order valence-corrected chi connectivity index (χ3v) is 8.67. The van der Waals surface area contributed by atoms with Crippen molar-refractivity contribution in [2.75, 3.05) is 19.3 Å². The number of rotatable bonds is 4. The molecule has 1 unspecified atom stereocenters. The second kappa shape index (κ2) is 7.13. The molecular weight excluding hydrogens is 417 g/mol. The predicted molar refractivity (Wildman–Crippen MR) is 104 cm³/mol. The lowest BCUT2D eigenvalue weighted by molar-refractivity contribution is 0.477. The normalized spacial score (nSPS) is 19.0. The first-order chi connectivity index (χ1) is 12.1. The molecule has 0 saturated carbocycles. The fourth-order valence-electron chi connectivity index (χ4n) is 2.91. The maximum absolute atomic E-state index is 12.7. The van der Waals surface area contributed by atoms with Gasteiger partial charge in [-0.25, -0.2) is 16.8 Å². The van der Waals surface area contributed by atoms with Gasteiger partial charge in [0.2, 0.25) is 10.0 Å². The van der Waals surface area contributed by atoms with Crippen LogP contribution in [0.3, 0.4) is 0 Å². The highest BCUT2D eigenvalue weighted by molar-refractivity contribution is 7.91. The number of benzene rings is 2. The van der Waals surface area contributed by atoms with E-state index in [1.165, 1.54) is 16.4 Å². The Kier molecular flexibility index (Phi) is 5.38. The van der Waals surface area contributed by atoms with Gasteiger partial charge in [0, 0.05) is 19.3 Å². The molecule has 0 radical (unpaired) electrons. The molecule has 1 fully saturated rings. The number of hydrogen-bond donors (Lipinski definition) is 0. The Bertz CT molecular complexity index is 1030. The molecule has 1 saturated heterocycles. The van der Waals surface area contributed by atoms with Gasteiger partial charge in [-0.1, -0.05) is 41.4 Å². The maximum atomic E-state index is 12.7. The molecule has 0 spiro atoms. The van der Waals surface area contributed by atoms with E-state index in [0.29, 0.717) is 16.5 Å². The molecule has 1 aliphatic heterocycles. The van der Waals surface area contributed by atoms with Gasteiger partial charge in [0.05, 0.1) is 20.2 Å². The van der Waals surface area contributed by atoms with E-state index < -0.39 is 25.1 Å². The average Bonchev–Trinajstić information content (AvgIpc) is 3.09. The van der Waals surface area contributed by atoms with Crippen LogP contribution in [0.4, 0.5) is 0 Å². The number of sulfone groups is 1. The number of halogens is 2. The molecule has 140 valence electrons. The second-order valence-corrected chi connectivity index (χ2v) is 11.3. The SMILES string of the molecule is CS(=O)(=O)C1CCN(S(=O)(=O)c2ccc(-c3ccc(Cl)c(Cl)c3)cc2)C1. The summed E-state index contributed by atoms with van der Waals surface area (Å²) >= 11 is 11.9. The zero-order valence-corrected chi connectivity index (χ0v) is 17.0. The minimum Gasteiger partial charge on any atom is -0.229 e. The standard InChI is InChI=1S/C17H17Cl2NO4S2/c1-25(21,22)15-8-9-20(11-15)26(23,24)14-5-2-12(3-6-14)13-4-7-16(18)17(19)10-13/h2-7,10,15H,8-9,11H2,1H3. The van der Waals surface area contributed by atoms with E-state index in [4.69, 9.17) is 23.2 Å². The summed E-state index contributed by atoms with van der Waals surface area (Å²) in [6.07, 6.45) is 1.46. The van der Waals surface area contributed by atoms with Gasteiger partial charge in [-0.15, -0.1) is 0 Å². The van der Waals surface area contributed by atoms with Crippen LogP contribution in [0, 0.1) is 0 Å². The lowest BCUT2D eigenvalue weighted by Gasteiger charge is -2.16. The molecule has 1 atom stereocenters. The second-order valence-electron chi connectivity index (χ2n) is 6.26. The summed E-state index contributed by atoms with van der Waals surface area (Å²) in [4.78, 5) is 0.135. The molecule has 0 bridgehead atoms. The van der Waals surface area contributed by atoms with Crippen LogP contribution in [0.25, 0.3) is 11.1 Å². The maximum Gasteiger partial charge on any atom is 0.243 e. The van der Waals surface area contributed by atoms with Gasteiger partial charge in [0.1, 0.15) is 0 Å². The lowest BCUT2D eigenvalue weighted by atomic mass is 10.1. The zero-order chi connectivity index (χ0) is 19.1. The van der Waals surface area contributed by atoms with E-state index >= 15 is 0 Å². The van der Waals surface area contributed by atoms with Crippen LogP contribution in [-0.4, -0.2) is 45.7 Å². The summed E-state index contributed by atoms with van der Waals surface area (Å²) < 4.78 is 50.0. The Balaban J connectivity index is 1.85. The predicted octanol–water partition coefficient (Wildman–Crippen LogP) is 3.47. The minimum atomic E-state index is -3.72. The van der Waals surface area contributed by atoms with Gasteiger partial charge in [-0.3, -0.25) is 0 Å².